The van der Waals surface area contributed by atoms with E-state index in [1.165, 1.54) is 4.90 Å². The molecule has 1 aliphatic heterocycles. The summed E-state index contributed by atoms with van der Waals surface area (Å²) in [5.41, 5.74) is 6.80. The molecule has 5 rings (SSSR count). The van der Waals surface area contributed by atoms with Crippen LogP contribution in [0.1, 0.15) is 44.1 Å². The number of hydrogen-bond donors (Lipinski definition) is 2. The van der Waals surface area contributed by atoms with Crippen LogP contribution >= 0.6 is 11.6 Å². The van der Waals surface area contributed by atoms with E-state index in [4.69, 9.17) is 11.6 Å². The summed E-state index contributed by atoms with van der Waals surface area (Å²) in [5, 5.41) is 3.21. The first kappa shape index (κ1) is 26.9. The summed E-state index contributed by atoms with van der Waals surface area (Å²) in [4.78, 5) is 53.4. The molecule has 4 aromatic rings. The quantitative estimate of drug-likeness (QED) is 0.300. The number of carbonyl (C=O) groups excluding carboxylic acids is 4. The minimum absolute atomic E-state index is 0.00346. The topological polar surface area (TPSA) is 101 Å². The molecule has 1 atom stereocenters. The first-order valence-corrected chi connectivity index (χ1v) is 13.2. The van der Waals surface area contributed by atoms with Gasteiger partial charge in [0.1, 0.15) is 0 Å². The van der Waals surface area contributed by atoms with Crippen LogP contribution in [0, 0.1) is 19.8 Å². The van der Waals surface area contributed by atoms with E-state index in [0.717, 1.165) is 11.4 Å². The van der Waals surface area contributed by atoms with Gasteiger partial charge >= 0.3 is 0 Å². The fourth-order valence-corrected chi connectivity index (χ4v) is 4.92. The number of amides is 3. The Morgan fingerprint density at radius 1 is 0.850 bits per heavy atom. The SMILES string of the molecule is Cc1ccc(C)n1NC(=O)c1ccc(NC(=O)[C@H]2CC(=O)N(c3ccc(Cl)cc3C(=O)c3ccccc3)C2)cc1. The van der Waals surface area contributed by atoms with Gasteiger partial charge in [0.15, 0.2) is 5.78 Å². The van der Waals surface area contributed by atoms with E-state index in [9.17, 15) is 19.2 Å². The fraction of sp³-hybridized carbons (Fsp3) is 0.161. The molecule has 0 unspecified atom stereocenters. The van der Waals surface area contributed by atoms with E-state index >= 15 is 0 Å². The second-order valence-corrected chi connectivity index (χ2v) is 10.2. The van der Waals surface area contributed by atoms with E-state index in [-0.39, 0.29) is 36.5 Å². The molecule has 3 aromatic carbocycles. The Balaban J connectivity index is 1.27. The number of carbonyl (C=O) groups is 4. The number of rotatable bonds is 7. The molecule has 0 spiro atoms. The molecule has 0 saturated carbocycles. The number of halogens is 1. The highest BCUT2D eigenvalue weighted by molar-refractivity contribution is 6.31. The van der Waals surface area contributed by atoms with Crippen LogP contribution in [-0.2, 0) is 9.59 Å². The molecule has 8 nitrogen and oxygen atoms in total. The summed E-state index contributed by atoms with van der Waals surface area (Å²) in [6.45, 7) is 3.92. The van der Waals surface area contributed by atoms with Gasteiger partial charge < -0.3 is 10.2 Å². The van der Waals surface area contributed by atoms with Crippen molar-refractivity contribution in [2.45, 2.75) is 20.3 Å². The number of nitrogens with one attached hydrogen (secondary N) is 2. The maximum Gasteiger partial charge on any atom is 0.270 e. The molecule has 3 amide bonds. The third-order valence-electron chi connectivity index (χ3n) is 6.92. The van der Waals surface area contributed by atoms with Crippen LogP contribution in [0.5, 0.6) is 0 Å². The zero-order valence-corrected chi connectivity index (χ0v) is 22.7. The summed E-state index contributed by atoms with van der Waals surface area (Å²) in [5.74, 6) is -1.74. The van der Waals surface area contributed by atoms with Crippen molar-refractivity contribution in [3.05, 3.63) is 118 Å². The Bertz CT molecular complexity index is 1590. The van der Waals surface area contributed by atoms with Crippen molar-refractivity contribution in [1.82, 2.24) is 4.68 Å². The van der Waals surface area contributed by atoms with E-state index < -0.39 is 5.92 Å². The number of aryl methyl sites for hydroxylation is 2. The molecule has 0 bridgehead atoms. The molecule has 202 valence electrons. The highest BCUT2D eigenvalue weighted by Gasteiger charge is 2.37. The van der Waals surface area contributed by atoms with Gasteiger partial charge in [-0.2, -0.15) is 0 Å². The van der Waals surface area contributed by atoms with Crippen LogP contribution in [0.25, 0.3) is 0 Å². The minimum Gasteiger partial charge on any atom is -0.326 e. The molecule has 0 aliphatic carbocycles. The van der Waals surface area contributed by atoms with Crippen molar-refractivity contribution in [2.75, 3.05) is 22.2 Å². The smallest absolute Gasteiger partial charge is 0.270 e. The molecule has 2 heterocycles. The van der Waals surface area contributed by atoms with E-state index in [2.05, 4.69) is 10.7 Å². The molecule has 1 aliphatic rings. The molecule has 1 saturated heterocycles. The Morgan fingerprint density at radius 2 is 1.52 bits per heavy atom. The standard InChI is InChI=1S/C31H27ClN4O4/c1-19-8-9-20(2)36(19)34-31(40)22-10-13-25(14-11-22)33-30(39)23-16-28(37)35(18-23)27-15-12-24(32)17-26(27)29(38)21-6-4-3-5-7-21/h3-15,17,23H,16,18H2,1-2H3,(H,33,39)(H,34,40)/t23-/m0/s1. The van der Waals surface area contributed by atoms with Crippen molar-refractivity contribution in [1.29, 1.82) is 0 Å². The van der Waals surface area contributed by atoms with Gasteiger partial charge in [0, 0.05) is 51.8 Å². The van der Waals surface area contributed by atoms with Gasteiger partial charge in [-0.25, -0.2) is 0 Å². The summed E-state index contributed by atoms with van der Waals surface area (Å²) in [7, 11) is 0. The molecule has 0 radical (unpaired) electrons. The molecule has 1 fully saturated rings. The second-order valence-electron chi connectivity index (χ2n) is 9.72. The molecule has 9 heteroatoms. The lowest BCUT2D eigenvalue weighted by molar-refractivity contribution is -0.122. The number of benzene rings is 3. The van der Waals surface area contributed by atoms with Crippen LogP contribution in [0.4, 0.5) is 11.4 Å². The average Bonchev–Trinajstić information content (AvgIpc) is 3.50. The molecular formula is C31H27ClN4O4. The Kier molecular flexibility index (Phi) is 7.53. The number of hydrogen-bond acceptors (Lipinski definition) is 4. The van der Waals surface area contributed by atoms with Gasteiger partial charge in [-0.15, -0.1) is 0 Å². The highest BCUT2D eigenvalue weighted by atomic mass is 35.5. The monoisotopic (exact) mass is 554 g/mol. The van der Waals surface area contributed by atoms with Gasteiger partial charge in [0.2, 0.25) is 11.8 Å². The lowest BCUT2D eigenvalue weighted by Crippen LogP contribution is -2.29. The van der Waals surface area contributed by atoms with Gasteiger partial charge in [-0.1, -0.05) is 41.9 Å². The summed E-state index contributed by atoms with van der Waals surface area (Å²) >= 11 is 6.19. The van der Waals surface area contributed by atoms with E-state index in [0.29, 0.717) is 33.1 Å². The lowest BCUT2D eigenvalue weighted by Gasteiger charge is -2.20. The van der Waals surface area contributed by atoms with Crippen LogP contribution in [0.2, 0.25) is 5.02 Å². The number of anilines is 2. The van der Waals surface area contributed by atoms with Crippen molar-refractivity contribution in [2.24, 2.45) is 5.92 Å². The van der Waals surface area contributed by atoms with E-state index in [1.807, 2.05) is 32.0 Å². The summed E-state index contributed by atoms with van der Waals surface area (Å²) in [6, 6.07) is 23.9. The van der Waals surface area contributed by atoms with Crippen molar-refractivity contribution < 1.29 is 19.2 Å². The minimum atomic E-state index is -0.620. The van der Waals surface area contributed by atoms with Crippen LogP contribution in [0.3, 0.4) is 0 Å². The molecule has 1 aromatic heterocycles. The normalized spacial score (nSPS) is 14.7. The number of nitrogens with zero attached hydrogens (tertiary/aromatic N) is 2. The highest BCUT2D eigenvalue weighted by Crippen LogP contribution is 2.32. The summed E-state index contributed by atoms with van der Waals surface area (Å²) < 4.78 is 1.71. The maximum atomic E-state index is 13.2. The van der Waals surface area contributed by atoms with Crippen LogP contribution in [0.15, 0.2) is 84.9 Å². The van der Waals surface area contributed by atoms with Crippen LogP contribution in [-0.4, -0.2) is 34.7 Å². The number of ketones is 1. The number of aromatic nitrogens is 1. The van der Waals surface area contributed by atoms with Crippen molar-refractivity contribution in [3.63, 3.8) is 0 Å². The van der Waals surface area contributed by atoms with Crippen molar-refractivity contribution >= 4 is 46.5 Å². The molecule has 2 N–H and O–H groups in total. The Morgan fingerprint density at radius 3 is 2.20 bits per heavy atom. The van der Waals surface area contributed by atoms with Crippen LogP contribution < -0.4 is 15.6 Å². The second kappa shape index (κ2) is 11.2. The average molecular weight is 555 g/mol. The molecular weight excluding hydrogens is 528 g/mol. The van der Waals surface area contributed by atoms with Gasteiger partial charge in [0.25, 0.3) is 5.91 Å². The first-order chi connectivity index (χ1) is 19.2. The molecule has 40 heavy (non-hydrogen) atoms. The third kappa shape index (κ3) is 5.53. The first-order valence-electron chi connectivity index (χ1n) is 12.8. The lowest BCUT2D eigenvalue weighted by atomic mass is 10.0. The van der Waals surface area contributed by atoms with E-state index in [1.54, 1.807) is 71.4 Å². The largest absolute Gasteiger partial charge is 0.326 e. The Labute approximate surface area is 236 Å². The maximum absolute atomic E-state index is 13.2. The van der Waals surface area contributed by atoms with Gasteiger partial charge in [-0.3, -0.25) is 29.3 Å². The zero-order chi connectivity index (χ0) is 28.4. The third-order valence-corrected chi connectivity index (χ3v) is 7.16. The fourth-order valence-electron chi connectivity index (χ4n) is 4.75. The predicted octanol–water partition coefficient (Wildman–Crippen LogP) is 5.36. The zero-order valence-electron chi connectivity index (χ0n) is 22.0. The summed E-state index contributed by atoms with van der Waals surface area (Å²) in [6.07, 6.45) is 0.00346. The van der Waals surface area contributed by atoms with Gasteiger partial charge in [0.05, 0.1) is 11.6 Å². The predicted molar refractivity (Wildman–Crippen MR) is 154 cm³/mol. The van der Waals surface area contributed by atoms with Crippen molar-refractivity contribution in [3.8, 4) is 0 Å². The van der Waals surface area contributed by atoms with Gasteiger partial charge in [-0.05, 0) is 68.4 Å². The Hall–Kier alpha value is -4.69.